The number of hydrogen-bond donors (Lipinski definition) is 1. The minimum atomic E-state index is -0.814. The molecule has 0 unspecified atom stereocenters. The van der Waals surface area contributed by atoms with E-state index in [0.29, 0.717) is 29.3 Å². The van der Waals surface area contributed by atoms with Crippen LogP contribution in [0, 0.1) is 11.6 Å². The largest absolute Gasteiger partial charge is 0.338 e. The quantitative estimate of drug-likeness (QED) is 0.453. The number of aromatic amines is 1. The number of anilines is 1. The van der Waals surface area contributed by atoms with Crippen LogP contribution in [-0.2, 0) is 11.2 Å². The lowest BCUT2D eigenvalue weighted by Crippen LogP contribution is -2.36. The number of carbonyl (C=O) groups excluding carboxylic acids is 1. The monoisotopic (exact) mass is 466 g/mol. The number of ketones is 1. The van der Waals surface area contributed by atoms with Crippen LogP contribution in [0.15, 0.2) is 53.3 Å². The molecule has 4 aromatic rings. The fourth-order valence-electron chi connectivity index (χ4n) is 4.16. The summed E-state index contributed by atoms with van der Waals surface area (Å²) in [6, 6.07) is 12.7. The molecule has 2 aromatic carbocycles. The summed E-state index contributed by atoms with van der Waals surface area (Å²) in [6.45, 7) is 0.666. The zero-order chi connectivity index (χ0) is 22.9. The molecule has 0 bridgehead atoms. The Labute approximate surface area is 191 Å². The minimum absolute atomic E-state index is 0.000453. The number of aryl methyl sites for hydroxylation is 1. The van der Waals surface area contributed by atoms with Gasteiger partial charge < -0.3 is 9.88 Å². The van der Waals surface area contributed by atoms with Gasteiger partial charge in [0.2, 0.25) is 0 Å². The van der Waals surface area contributed by atoms with E-state index < -0.39 is 17.2 Å². The van der Waals surface area contributed by atoms with Gasteiger partial charge in [-0.1, -0.05) is 41.7 Å². The lowest BCUT2D eigenvalue weighted by molar-refractivity contribution is -0.120. The number of hydrogen-bond acceptors (Lipinski definition) is 6. The van der Waals surface area contributed by atoms with Crippen LogP contribution in [0.25, 0.3) is 21.7 Å². The van der Waals surface area contributed by atoms with Gasteiger partial charge in [0, 0.05) is 19.0 Å². The van der Waals surface area contributed by atoms with Gasteiger partial charge in [0.15, 0.2) is 21.3 Å². The van der Waals surface area contributed by atoms with Crippen LogP contribution in [0.1, 0.15) is 24.8 Å². The third-order valence-corrected chi connectivity index (χ3v) is 6.80. The van der Waals surface area contributed by atoms with E-state index in [4.69, 9.17) is 0 Å². The zero-order valence-electron chi connectivity index (χ0n) is 17.6. The standard InChI is InChI=1S/C24H20F2N4O2S/c25-15-9-10-16(17(26)13-15)21-28-22(32)20-23(29-21)33-24(27-20)30-12-4-7-18(30)19(31)11-8-14-5-2-1-3-6-14/h1-3,5-6,9-10,13,18H,4,7-8,11-12H2,(H,28,29,32)/t18-/m1/s1. The molecule has 0 radical (unpaired) electrons. The Morgan fingerprint density at radius 3 is 2.76 bits per heavy atom. The Hall–Kier alpha value is -3.46. The summed E-state index contributed by atoms with van der Waals surface area (Å²) in [6.07, 6.45) is 2.70. The zero-order valence-corrected chi connectivity index (χ0v) is 18.4. The summed E-state index contributed by atoms with van der Waals surface area (Å²) in [5.74, 6) is -1.37. The lowest BCUT2D eigenvalue weighted by atomic mass is 10.0. The van der Waals surface area contributed by atoms with Crippen molar-refractivity contribution in [3.8, 4) is 11.4 Å². The number of thiazole rings is 1. The molecule has 1 N–H and O–H groups in total. The van der Waals surface area contributed by atoms with E-state index in [-0.39, 0.29) is 28.7 Å². The highest BCUT2D eigenvalue weighted by atomic mass is 32.1. The summed E-state index contributed by atoms with van der Waals surface area (Å²) in [7, 11) is 0. The highest BCUT2D eigenvalue weighted by molar-refractivity contribution is 7.21. The summed E-state index contributed by atoms with van der Waals surface area (Å²) in [4.78, 5) is 39.2. The Bertz CT molecular complexity index is 1390. The van der Waals surface area contributed by atoms with Gasteiger partial charge in [-0.05, 0) is 37.0 Å². The fraction of sp³-hybridized carbons (Fsp3) is 0.250. The van der Waals surface area contributed by atoms with Crippen molar-refractivity contribution < 1.29 is 13.6 Å². The summed E-state index contributed by atoms with van der Waals surface area (Å²) in [5.41, 5.74) is 0.753. The van der Waals surface area contributed by atoms with Crippen LogP contribution in [0.2, 0.25) is 0 Å². The molecule has 0 aliphatic carbocycles. The normalized spacial score (nSPS) is 15.9. The number of fused-ring (bicyclic) bond motifs is 1. The van der Waals surface area contributed by atoms with Gasteiger partial charge in [0.05, 0.1) is 11.6 Å². The van der Waals surface area contributed by atoms with E-state index in [0.717, 1.165) is 30.5 Å². The third-order valence-electron chi connectivity index (χ3n) is 5.82. The number of carbonyl (C=O) groups is 1. The molecule has 0 saturated carbocycles. The smallest absolute Gasteiger partial charge is 0.278 e. The molecule has 6 nitrogen and oxygen atoms in total. The molecule has 168 valence electrons. The summed E-state index contributed by atoms with van der Waals surface area (Å²) >= 11 is 1.20. The molecule has 2 aromatic heterocycles. The van der Waals surface area contributed by atoms with Crippen molar-refractivity contribution >= 4 is 32.6 Å². The first kappa shape index (κ1) is 21.4. The first-order valence-electron chi connectivity index (χ1n) is 10.7. The molecule has 3 heterocycles. The van der Waals surface area contributed by atoms with E-state index in [9.17, 15) is 18.4 Å². The van der Waals surface area contributed by atoms with Crippen LogP contribution >= 0.6 is 11.3 Å². The third kappa shape index (κ3) is 4.28. The van der Waals surface area contributed by atoms with Gasteiger partial charge in [-0.2, -0.15) is 0 Å². The number of benzene rings is 2. The first-order chi connectivity index (χ1) is 16.0. The molecule has 5 rings (SSSR count). The van der Waals surface area contributed by atoms with Gasteiger partial charge in [-0.3, -0.25) is 9.59 Å². The summed E-state index contributed by atoms with van der Waals surface area (Å²) < 4.78 is 27.4. The fourth-order valence-corrected chi connectivity index (χ4v) is 5.18. The van der Waals surface area contributed by atoms with Gasteiger partial charge in [0.25, 0.3) is 5.56 Å². The average Bonchev–Trinajstić information content (AvgIpc) is 3.45. The molecular weight excluding hydrogens is 446 g/mol. The summed E-state index contributed by atoms with van der Waals surface area (Å²) in [5, 5.41) is 0.551. The highest BCUT2D eigenvalue weighted by Gasteiger charge is 2.32. The van der Waals surface area contributed by atoms with Crippen molar-refractivity contribution in [2.75, 3.05) is 11.4 Å². The first-order valence-corrected chi connectivity index (χ1v) is 11.5. The lowest BCUT2D eigenvalue weighted by Gasteiger charge is -2.22. The molecule has 33 heavy (non-hydrogen) atoms. The van der Waals surface area contributed by atoms with E-state index in [1.165, 1.54) is 17.4 Å². The maximum atomic E-state index is 14.2. The van der Waals surface area contributed by atoms with Crippen LogP contribution in [-0.4, -0.2) is 33.3 Å². The van der Waals surface area contributed by atoms with Crippen LogP contribution in [0.4, 0.5) is 13.9 Å². The van der Waals surface area contributed by atoms with Crippen molar-refractivity contribution in [2.45, 2.75) is 31.7 Å². The van der Waals surface area contributed by atoms with Crippen LogP contribution in [0.3, 0.4) is 0 Å². The van der Waals surface area contributed by atoms with Gasteiger partial charge in [-0.25, -0.2) is 18.7 Å². The number of rotatable bonds is 6. The predicted molar refractivity (Wildman–Crippen MR) is 124 cm³/mol. The molecule has 1 atom stereocenters. The van der Waals surface area contributed by atoms with Crippen molar-refractivity contribution in [1.82, 2.24) is 15.0 Å². The average molecular weight is 467 g/mol. The van der Waals surface area contributed by atoms with Crippen LogP contribution in [0.5, 0.6) is 0 Å². The molecule has 1 fully saturated rings. The second-order valence-corrected chi connectivity index (χ2v) is 8.95. The van der Waals surface area contributed by atoms with Crippen molar-refractivity contribution in [1.29, 1.82) is 0 Å². The predicted octanol–water partition coefficient (Wildman–Crippen LogP) is 4.50. The maximum Gasteiger partial charge on any atom is 0.278 e. The number of nitrogens with one attached hydrogen (secondary N) is 1. The number of aromatic nitrogens is 3. The molecular formula is C24H20F2N4O2S. The SMILES string of the molecule is O=C(CCc1ccccc1)[C@H]1CCCN1c1nc2c(=O)[nH]c(-c3ccc(F)cc3F)nc2s1. The number of Topliss-reactive ketones (excluding diaryl/α,β-unsaturated/α-hetero) is 1. The second kappa shape index (κ2) is 8.82. The Morgan fingerprint density at radius 1 is 1.15 bits per heavy atom. The molecule has 1 saturated heterocycles. The molecule has 0 amide bonds. The van der Waals surface area contributed by atoms with E-state index in [1.54, 1.807) is 0 Å². The van der Waals surface area contributed by atoms with Gasteiger partial charge in [-0.15, -0.1) is 0 Å². The van der Waals surface area contributed by atoms with Crippen molar-refractivity contribution in [2.24, 2.45) is 0 Å². The highest BCUT2D eigenvalue weighted by Crippen LogP contribution is 2.33. The Balaban J connectivity index is 1.41. The second-order valence-electron chi connectivity index (χ2n) is 7.99. The topological polar surface area (TPSA) is 79.0 Å². The molecule has 0 spiro atoms. The number of nitrogens with zero attached hydrogens (tertiary/aromatic N) is 3. The van der Waals surface area contributed by atoms with E-state index >= 15 is 0 Å². The van der Waals surface area contributed by atoms with E-state index in [2.05, 4.69) is 15.0 Å². The number of H-pyrrole nitrogens is 1. The van der Waals surface area contributed by atoms with Crippen molar-refractivity contribution in [3.63, 3.8) is 0 Å². The van der Waals surface area contributed by atoms with Gasteiger partial charge >= 0.3 is 0 Å². The minimum Gasteiger partial charge on any atom is -0.338 e. The maximum absolute atomic E-state index is 14.2. The molecule has 9 heteroatoms. The van der Waals surface area contributed by atoms with Crippen LogP contribution < -0.4 is 10.5 Å². The van der Waals surface area contributed by atoms with E-state index in [1.807, 2.05) is 35.2 Å². The Kier molecular flexibility index (Phi) is 5.72. The number of halogens is 2. The molecule has 1 aliphatic rings. The van der Waals surface area contributed by atoms with Crippen molar-refractivity contribution in [3.05, 3.63) is 76.1 Å². The molecule has 1 aliphatic heterocycles. The Morgan fingerprint density at radius 2 is 1.97 bits per heavy atom. The van der Waals surface area contributed by atoms with Gasteiger partial charge in [0.1, 0.15) is 17.5 Å².